The largest absolute Gasteiger partial charge is 0.381 e. The van der Waals surface area contributed by atoms with E-state index in [0.29, 0.717) is 13.0 Å². The van der Waals surface area contributed by atoms with Crippen LogP contribution in [-0.2, 0) is 21.4 Å². The van der Waals surface area contributed by atoms with Gasteiger partial charge < -0.3 is 14.6 Å². The summed E-state index contributed by atoms with van der Waals surface area (Å²) in [6.07, 6.45) is 6.23. The summed E-state index contributed by atoms with van der Waals surface area (Å²) in [4.78, 5) is 12.7. The summed E-state index contributed by atoms with van der Waals surface area (Å²) < 4.78 is 8.71. The van der Waals surface area contributed by atoms with E-state index >= 15 is 0 Å². The fourth-order valence-corrected chi connectivity index (χ4v) is 4.36. The van der Waals surface area contributed by atoms with Crippen LogP contribution in [0.5, 0.6) is 0 Å². The van der Waals surface area contributed by atoms with E-state index in [1.54, 1.807) is 0 Å². The molecule has 1 aliphatic heterocycles. The molecule has 1 fully saturated rings. The average Bonchev–Trinajstić information content (AvgIpc) is 3.28. The first kappa shape index (κ1) is 19.9. The van der Waals surface area contributed by atoms with Crippen LogP contribution in [0.15, 0.2) is 77.5 Å². The molecule has 0 unspecified atom stereocenters. The Balaban J connectivity index is 1.40. The molecule has 0 bridgehead atoms. The Morgan fingerprint density at radius 1 is 1.03 bits per heavy atom. The van der Waals surface area contributed by atoms with Crippen molar-refractivity contribution in [2.45, 2.75) is 24.7 Å². The molecule has 2 aromatic carbocycles. The van der Waals surface area contributed by atoms with Crippen LogP contribution in [0, 0.1) is 0 Å². The maximum Gasteiger partial charge on any atom is 0.224 e. The van der Waals surface area contributed by atoms with Crippen LogP contribution in [0.3, 0.4) is 0 Å². The first-order valence-corrected chi connectivity index (χ1v) is 10.8. The molecule has 0 spiro atoms. The zero-order valence-electron chi connectivity index (χ0n) is 16.3. The van der Waals surface area contributed by atoms with Crippen molar-refractivity contribution >= 4 is 21.8 Å². The number of aromatic nitrogens is 1. The smallest absolute Gasteiger partial charge is 0.224 e. The standard InChI is InChI=1S/C24H25BrN2O2/c25-21-5-3-4-20(17-21)24(10-14-29-15-11-24)18-26-23(28)16-19-6-8-22(9-7-19)27-12-1-2-13-27/h1-9,12-13,17H,10-11,14-16,18H2,(H,26,28). The van der Waals surface area contributed by atoms with Crippen LogP contribution in [0.25, 0.3) is 5.69 Å². The Morgan fingerprint density at radius 3 is 2.45 bits per heavy atom. The van der Waals surface area contributed by atoms with Crippen molar-refractivity contribution in [1.29, 1.82) is 0 Å². The van der Waals surface area contributed by atoms with E-state index in [2.05, 4.69) is 44.0 Å². The number of hydrogen-bond acceptors (Lipinski definition) is 2. The predicted octanol–water partition coefficient (Wildman–Crippen LogP) is 4.65. The van der Waals surface area contributed by atoms with Gasteiger partial charge in [0.05, 0.1) is 6.42 Å². The molecule has 3 aromatic rings. The number of carbonyl (C=O) groups is 1. The lowest BCUT2D eigenvalue weighted by Gasteiger charge is -2.38. The Bertz CT molecular complexity index is 945. The van der Waals surface area contributed by atoms with Gasteiger partial charge in [-0.15, -0.1) is 0 Å². The molecule has 150 valence electrons. The van der Waals surface area contributed by atoms with Gasteiger partial charge in [0.1, 0.15) is 0 Å². The van der Waals surface area contributed by atoms with E-state index < -0.39 is 0 Å². The van der Waals surface area contributed by atoms with Crippen molar-refractivity contribution in [3.63, 3.8) is 0 Å². The number of amides is 1. The van der Waals surface area contributed by atoms with Gasteiger partial charge in [0, 0.05) is 47.7 Å². The molecule has 1 amide bonds. The minimum Gasteiger partial charge on any atom is -0.381 e. The Hall–Kier alpha value is -2.37. The third-order valence-electron chi connectivity index (χ3n) is 5.71. The number of ether oxygens (including phenoxy) is 1. The molecule has 0 atom stereocenters. The highest BCUT2D eigenvalue weighted by atomic mass is 79.9. The van der Waals surface area contributed by atoms with E-state index in [-0.39, 0.29) is 11.3 Å². The molecule has 0 aliphatic carbocycles. The highest BCUT2D eigenvalue weighted by Crippen LogP contribution is 2.35. The Kier molecular flexibility index (Phi) is 6.16. The van der Waals surface area contributed by atoms with Crippen LogP contribution >= 0.6 is 15.9 Å². The molecular formula is C24H25BrN2O2. The molecule has 1 aromatic heterocycles. The van der Waals surface area contributed by atoms with Gasteiger partial charge in [0.15, 0.2) is 0 Å². The van der Waals surface area contributed by atoms with Gasteiger partial charge in [-0.3, -0.25) is 4.79 Å². The fraction of sp³-hybridized carbons (Fsp3) is 0.292. The number of halogens is 1. The summed E-state index contributed by atoms with van der Waals surface area (Å²) in [6.45, 7) is 2.08. The van der Waals surface area contributed by atoms with Crippen LogP contribution in [0.2, 0.25) is 0 Å². The van der Waals surface area contributed by atoms with Crippen LogP contribution in [-0.4, -0.2) is 30.2 Å². The Labute approximate surface area is 180 Å². The first-order valence-electron chi connectivity index (χ1n) is 9.97. The average molecular weight is 453 g/mol. The predicted molar refractivity (Wildman–Crippen MR) is 118 cm³/mol. The minimum atomic E-state index is -0.0734. The molecule has 29 heavy (non-hydrogen) atoms. The number of benzene rings is 2. The highest BCUT2D eigenvalue weighted by Gasteiger charge is 2.35. The number of nitrogens with one attached hydrogen (secondary N) is 1. The van der Waals surface area contributed by atoms with Gasteiger partial charge in [0.25, 0.3) is 0 Å². The Morgan fingerprint density at radius 2 is 1.76 bits per heavy atom. The van der Waals surface area contributed by atoms with Gasteiger partial charge in [-0.05, 0) is 60.4 Å². The first-order chi connectivity index (χ1) is 14.1. The zero-order valence-corrected chi connectivity index (χ0v) is 17.9. The normalized spacial score (nSPS) is 15.8. The fourth-order valence-electron chi connectivity index (χ4n) is 3.96. The number of rotatable bonds is 6. The lowest BCUT2D eigenvalue weighted by Crippen LogP contribution is -2.45. The van der Waals surface area contributed by atoms with Crippen molar-refractivity contribution in [2.75, 3.05) is 19.8 Å². The van der Waals surface area contributed by atoms with Crippen molar-refractivity contribution < 1.29 is 9.53 Å². The van der Waals surface area contributed by atoms with Crippen molar-refractivity contribution in [3.05, 3.63) is 88.7 Å². The quantitative estimate of drug-likeness (QED) is 0.591. The third-order valence-corrected chi connectivity index (χ3v) is 6.21. The molecule has 1 aliphatic rings. The second-order valence-electron chi connectivity index (χ2n) is 7.61. The SMILES string of the molecule is O=C(Cc1ccc(-n2cccc2)cc1)NCC1(c2cccc(Br)c2)CCOCC1. The molecule has 1 N–H and O–H groups in total. The summed E-state index contributed by atoms with van der Waals surface area (Å²) in [5, 5.41) is 3.19. The van der Waals surface area contributed by atoms with E-state index in [9.17, 15) is 4.79 Å². The lowest BCUT2D eigenvalue weighted by atomic mass is 9.74. The van der Waals surface area contributed by atoms with Gasteiger partial charge in [-0.2, -0.15) is 0 Å². The van der Waals surface area contributed by atoms with Gasteiger partial charge in [-0.25, -0.2) is 0 Å². The molecule has 0 saturated carbocycles. The summed E-state index contributed by atoms with van der Waals surface area (Å²) in [6, 6.07) is 20.5. The van der Waals surface area contributed by atoms with Crippen LogP contribution < -0.4 is 5.32 Å². The van der Waals surface area contributed by atoms with E-state index in [4.69, 9.17) is 4.74 Å². The van der Waals surface area contributed by atoms with Crippen LogP contribution in [0.1, 0.15) is 24.0 Å². The van der Waals surface area contributed by atoms with Crippen molar-refractivity contribution in [3.8, 4) is 5.69 Å². The molecular weight excluding hydrogens is 428 g/mol. The minimum absolute atomic E-state index is 0.0552. The molecule has 2 heterocycles. The second kappa shape index (κ2) is 8.97. The monoisotopic (exact) mass is 452 g/mol. The summed E-state index contributed by atoms with van der Waals surface area (Å²) in [5.74, 6) is 0.0552. The molecule has 5 heteroatoms. The van der Waals surface area contributed by atoms with E-state index in [1.807, 2.05) is 54.9 Å². The van der Waals surface area contributed by atoms with Gasteiger partial charge >= 0.3 is 0 Å². The zero-order chi connectivity index (χ0) is 20.1. The maximum absolute atomic E-state index is 12.7. The van der Waals surface area contributed by atoms with E-state index in [0.717, 1.165) is 41.8 Å². The molecule has 4 rings (SSSR count). The number of carbonyl (C=O) groups excluding carboxylic acids is 1. The summed E-state index contributed by atoms with van der Waals surface area (Å²) in [5.41, 5.74) is 3.29. The van der Waals surface area contributed by atoms with Gasteiger partial charge in [0.2, 0.25) is 5.91 Å². The van der Waals surface area contributed by atoms with E-state index in [1.165, 1.54) is 5.56 Å². The summed E-state index contributed by atoms with van der Waals surface area (Å²) >= 11 is 3.58. The topological polar surface area (TPSA) is 43.3 Å². The molecule has 4 nitrogen and oxygen atoms in total. The number of hydrogen-bond donors (Lipinski definition) is 1. The lowest BCUT2D eigenvalue weighted by molar-refractivity contribution is -0.120. The van der Waals surface area contributed by atoms with Crippen LogP contribution in [0.4, 0.5) is 0 Å². The third kappa shape index (κ3) is 4.80. The van der Waals surface area contributed by atoms with Gasteiger partial charge in [-0.1, -0.05) is 40.2 Å². The molecule has 1 saturated heterocycles. The van der Waals surface area contributed by atoms with Crippen molar-refractivity contribution in [1.82, 2.24) is 9.88 Å². The second-order valence-corrected chi connectivity index (χ2v) is 8.53. The molecule has 0 radical (unpaired) electrons. The highest BCUT2D eigenvalue weighted by molar-refractivity contribution is 9.10. The maximum atomic E-state index is 12.7. The van der Waals surface area contributed by atoms with Crippen molar-refractivity contribution in [2.24, 2.45) is 0 Å². The number of nitrogens with zero attached hydrogens (tertiary/aromatic N) is 1. The summed E-state index contributed by atoms with van der Waals surface area (Å²) in [7, 11) is 0.